The van der Waals surface area contributed by atoms with Crippen LogP contribution in [0.15, 0.2) is 36.8 Å². The summed E-state index contributed by atoms with van der Waals surface area (Å²) < 4.78 is 0. The zero-order valence-electron chi connectivity index (χ0n) is 10.7. The first kappa shape index (κ1) is 13.6. The molecule has 0 atom stereocenters. The third-order valence-electron chi connectivity index (χ3n) is 2.39. The summed E-state index contributed by atoms with van der Waals surface area (Å²) in [7, 11) is 0. The van der Waals surface area contributed by atoms with Gasteiger partial charge in [0.05, 0.1) is 24.3 Å². The molecule has 0 unspecified atom stereocenters. The van der Waals surface area contributed by atoms with Crippen LogP contribution in [0.25, 0.3) is 0 Å². The van der Waals surface area contributed by atoms with Crippen LogP contribution in [0.1, 0.15) is 21.6 Å². The number of nitrogens with zero attached hydrogens (tertiary/aromatic N) is 3. The summed E-state index contributed by atoms with van der Waals surface area (Å²) in [6, 6.07) is 5.22. The van der Waals surface area contributed by atoms with E-state index in [-0.39, 0.29) is 12.5 Å². The van der Waals surface area contributed by atoms with Crippen LogP contribution in [-0.4, -0.2) is 27.6 Å². The number of pyridine rings is 1. The van der Waals surface area contributed by atoms with Gasteiger partial charge in [-0.05, 0) is 18.2 Å². The van der Waals surface area contributed by atoms with E-state index in [1.54, 1.807) is 30.6 Å². The number of rotatable bonds is 3. The van der Waals surface area contributed by atoms with E-state index in [4.69, 9.17) is 5.73 Å². The van der Waals surface area contributed by atoms with E-state index in [1.165, 1.54) is 6.20 Å². The van der Waals surface area contributed by atoms with Crippen molar-refractivity contribution in [1.82, 2.24) is 20.5 Å². The van der Waals surface area contributed by atoms with Crippen molar-refractivity contribution >= 4 is 5.91 Å². The molecular formula is C14H13N5O. The van der Waals surface area contributed by atoms with Crippen molar-refractivity contribution in [2.75, 3.05) is 6.54 Å². The van der Waals surface area contributed by atoms with Crippen LogP contribution in [0.4, 0.5) is 0 Å². The first-order valence-electron chi connectivity index (χ1n) is 5.98. The van der Waals surface area contributed by atoms with E-state index in [9.17, 15) is 4.79 Å². The number of amides is 1. The van der Waals surface area contributed by atoms with Crippen molar-refractivity contribution in [3.8, 4) is 11.8 Å². The Morgan fingerprint density at radius 3 is 3.05 bits per heavy atom. The molecule has 0 aliphatic heterocycles. The molecule has 20 heavy (non-hydrogen) atoms. The van der Waals surface area contributed by atoms with Gasteiger partial charge in [0.2, 0.25) is 0 Å². The molecule has 0 radical (unpaired) electrons. The number of hydrogen-bond donors (Lipinski definition) is 2. The van der Waals surface area contributed by atoms with Crippen molar-refractivity contribution in [3.63, 3.8) is 0 Å². The maximum Gasteiger partial charge on any atom is 0.253 e. The lowest BCUT2D eigenvalue weighted by atomic mass is 10.2. The monoisotopic (exact) mass is 267 g/mol. The number of aromatic nitrogens is 3. The minimum absolute atomic E-state index is 0.237. The largest absolute Gasteiger partial charge is 0.346 e. The third-order valence-corrected chi connectivity index (χ3v) is 2.39. The zero-order valence-corrected chi connectivity index (χ0v) is 10.7. The Morgan fingerprint density at radius 2 is 2.30 bits per heavy atom. The lowest BCUT2D eigenvalue weighted by Gasteiger charge is -2.04. The van der Waals surface area contributed by atoms with Gasteiger partial charge >= 0.3 is 0 Å². The lowest BCUT2D eigenvalue weighted by molar-refractivity contribution is 0.0950. The number of carbonyl (C=O) groups is 1. The average Bonchev–Trinajstić information content (AvgIpc) is 2.52. The summed E-state index contributed by atoms with van der Waals surface area (Å²) in [5.74, 6) is 5.31. The van der Waals surface area contributed by atoms with Crippen LogP contribution in [-0.2, 0) is 6.54 Å². The molecule has 2 rings (SSSR count). The topological polar surface area (TPSA) is 93.8 Å². The molecule has 2 aromatic heterocycles. The van der Waals surface area contributed by atoms with Crippen molar-refractivity contribution in [3.05, 3.63) is 53.6 Å². The third kappa shape index (κ3) is 3.86. The Kier molecular flexibility index (Phi) is 4.76. The second-order valence-electron chi connectivity index (χ2n) is 3.87. The van der Waals surface area contributed by atoms with Crippen molar-refractivity contribution in [2.24, 2.45) is 5.73 Å². The van der Waals surface area contributed by atoms with Crippen molar-refractivity contribution in [1.29, 1.82) is 0 Å². The maximum atomic E-state index is 12.0. The van der Waals surface area contributed by atoms with Crippen LogP contribution >= 0.6 is 0 Å². The number of nitrogens with one attached hydrogen (secondary N) is 1. The molecule has 0 spiro atoms. The Bertz CT molecular complexity index is 645. The zero-order chi connectivity index (χ0) is 14.2. The molecule has 2 heterocycles. The van der Waals surface area contributed by atoms with Crippen molar-refractivity contribution in [2.45, 2.75) is 6.54 Å². The fraction of sp³-hybridized carbons (Fsp3) is 0.143. The van der Waals surface area contributed by atoms with E-state index >= 15 is 0 Å². The van der Waals surface area contributed by atoms with Crippen LogP contribution in [0.2, 0.25) is 0 Å². The molecule has 0 aromatic carbocycles. The Labute approximate surface area is 116 Å². The van der Waals surface area contributed by atoms with Crippen molar-refractivity contribution < 1.29 is 4.79 Å². The Balaban J connectivity index is 2.02. The second kappa shape index (κ2) is 6.97. The number of carbonyl (C=O) groups excluding carboxylic acids is 1. The smallest absolute Gasteiger partial charge is 0.253 e. The first-order chi connectivity index (χ1) is 9.79. The van der Waals surface area contributed by atoms with Crippen LogP contribution in [0.5, 0.6) is 0 Å². The van der Waals surface area contributed by atoms with Gasteiger partial charge in [-0.15, -0.1) is 0 Å². The van der Waals surface area contributed by atoms with Gasteiger partial charge in [-0.1, -0.05) is 11.8 Å². The lowest BCUT2D eigenvalue weighted by Crippen LogP contribution is -2.23. The molecule has 6 nitrogen and oxygen atoms in total. The van der Waals surface area contributed by atoms with Gasteiger partial charge in [-0.2, -0.15) is 10.2 Å². The molecule has 2 aromatic rings. The van der Waals surface area contributed by atoms with E-state index in [0.29, 0.717) is 23.4 Å². The molecule has 6 heteroatoms. The molecule has 0 saturated carbocycles. The standard InChI is InChI=1S/C14H13N5O/c15-5-1-3-11-7-12(9-16-8-11)14(20)17-10-13-4-2-6-18-19-13/h2,4,6-9H,5,10,15H2,(H,17,20). The molecule has 0 aliphatic carbocycles. The summed E-state index contributed by atoms with van der Waals surface area (Å²) in [6.45, 7) is 0.578. The summed E-state index contributed by atoms with van der Waals surface area (Å²) in [4.78, 5) is 16.0. The molecule has 0 saturated heterocycles. The molecular weight excluding hydrogens is 254 g/mol. The Hall–Kier alpha value is -2.78. The molecule has 0 aliphatic rings. The van der Waals surface area contributed by atoms with Gasteiger partial charge in [0.1, 0.15) is 0 Å². The second-order valence-corrected chi connectivity index (χ2v) is 3.87. The minimum Gasteiger partial charge on any atom is -0.346 e. The fourth-order valence-electron chi connectivity index (χ4n) is 1.49. The summed E-state index contributed by atoms with van der Waals surface area (Å²) in [6.07, 6.45) is 4.65. The van der Waals surface area contributed by atoms with Gasteiger partial charge in [-0.3, -0.25) is 9.78 Å². The first-order valence-corrected chi connectivity index (χ1v) is 5.98. The van der Waals surface area contributed by atoms with E-state index in [2.05, 4.69) is 32.3 Å². The van der Waals surface area contributed by atoms with Gasteiger partial charge in [0, 0.05) is 24.2 Å². The summed E-state index contributed by atoms with van der Waals surface area (Å²) in [5.41, 5.74) is 7.09. The van der Waals surface area contributed by atoms with E-state index in [1.807, 2.05) is 0 Å². The average molecular weight is 267 g/mol. The highest BCUT2D eigenvalue weighted by Crippen LogP contribution is 2.02. The van der Waals surface area contributed by atoms with Gasteiger partial charge in [0.25, 0.3) is 5.91 Å². The quantitative estimate of drug-likeness (QED) is 0.770. The molecule has 3 N–H and O–H groups in total. The molecule has 1 amide bonds. The van der Waals surface area contributed by atoms with Gasteiger partial charge in [0.15, 0.2) is 0 Å². The van der Waals surface area contributed by atoms with Gasteiger partial charge in [-0.25, -0.2) is 0 Å². The SMILES string of the molecule is NCC#Cc1cncc(C(=O)NCc2cccnn2)c1. The van der Waals surface area contributed by atoms with E-state index in [0.717, 1.165) is 0 Å². The van der Waals surface area contributed by atoms with Gasteiger partial charge < -0.3 is 11.1 Å². The normalized spacial score (nSPS) is 9.45. The van der Waals surface area contributed by atoms with Crippen LogP contribution < -0.4 is 11.1 Å². The summed E-state index contributed by atoms with van der Waals surface area (Å²) in [5, 5.41) is 10.4. The fourth-order valence-corrected chi connectivity index (χ4v) is 1.49. The highest BCUT2D eigenvalue weighted by atomic mass is 16.1. The van der Waals surface area contributed by atoms with Crippen LogP contribution in [0.3, 0.4) is 0 Å². The number of hydrogen-bond acceptors (Lipinski definition) is 5. The Morgan fingerprint density at radius 1 is 1.40 bits per heavy atom. The predicted octanol–water partition coefficient (Wildman–Crippen LogP) is 0.112. The minimum atomic E-state index is -0.237. The maximum absolute atomic E-state index is 12.0. The molecule has 0 fully saturated rings. The predicted molar refractivity (Wildman–Crippen MR) is 73.4 cm³/mol. The molecule has 100 valence electrons. The number of nitrogens with two attached hydrogens (primary N) is 1. The summed E-state index contributed by atoms with van der Waals surface area (Å²) >= 11 is 0. The van der Waals surface area contributed by atoms with E-state index < -0.39 is 0 Å². The highest BCUT2D eigenvalue weighted by molar-refractivity contribution is 5.94. The van der Waals surface area contributed by atoms with Crippen LogP contribution in [0, 0.1) is 11.8 Å². The highest BCUT2D eigenvalue weighted by Gasteiger charge is 2.06. The molecule has 0 bridgehead atoms.